The zero-order valence-corrected chi connectivity index (χ0v) is 11.8. The van der Waals surface area contributed by atoms with Crippen molar-refractivity contribution >= 4 is 0 Å². The van der Waals surface area contributed by atoms with E-state index in [1.54, 1.807) is 0 Å². The number of hydrogen-bond acceptors (Lipinski definition) is 2. The van der Waals surface area contributed by atoms with Crippen LogP contribution in [0.15, 0.2) is 0 Å². The molecule has 0 amide bonds. The molecule has 17 heavy (non-hydrogen) atoms. The van der Waals surface area contributed by atoms with Gasteiger partial charge in [-0.1, -0.05) is 13.3 Å². The van der Waals surface area contributed by atoms with Crippen molar-refractivity contribution in [3.05, 3.63) is 0 Å². The fraction of sp³-hybridized carbons (Fsp3) is 1.00. The van der Waals surface area contributed by atoms with Crippen molar-refractivity contribution in [2.24, 2.45) is 11.8 Å². The molecule has 3 atom stereocenters. The highest BCUT2D eigenvalue weighted by Crippen LogP contribution is 2.24. The third-order valence-corrected chi connectivity index (χ3v) is 4.91. The summed E-state index contributed by atoms with van der Waals surface area (Å²) in [7, 11) is 0. The van der Waals surface area contributed by atoms with Crippen molar-refractivity contribution in [3.8, 4) is 0 Å². The number of piperidine rings is 1. The van der Waals surface area contributed by atoms with Crippen LogP contribution in [0.2, 0.25) is 0 Å². The minimum atomic E-state index is 0.833. The van der Waals surface area contributed by atoms with E-state index >= 15 is 0 Å². The van der Waals surface area contributed by atoms with E-state index in [1.165, 1.54) is 64.7 Å². The van der Waals surface area contributed by atoms with Crippen LogP contribution < -0.4 is 5.32 Å². The molecule has 0 bridgehead atoms. The molecule has 0 spiro atoms. The van der Waals surface area contributed by atoms with Gasteiger partial charge in [-0.15, -0.1) is 0 Å². The molecule has 2 saturated heterocycles. The smallest absolute Gasteiger partial charge is 0.00671 e. The number of nitrogens with one attached hydrogen (secondary N) is 1. The van der Waals surface area contributed by atoms with Gasteiger partial charge in [0.05, 0.1) is 0 Å². The van der Waals surface area contributed by atoms with Gasteiger partial charge in [-0.3, -0.25) is 0 Å². The van der Waals surface area contributed by atoms with Crippen molar-refractivity contribution in [1.82, 2.24) is 10.2 Å². The van der Waals surface area contributed by atoms with E-state index in [9.17, 15) is 0 Å². The van der Waals surface area contributed by atoms with Gasteiger partial charge in [-0.25, -0.2) is 0 Å². The van der Waals surface area contributed by atoms with E-state index in [2.05, 4.69) is 24.1 Å². The standard InChI is InChI=1S/C15H30N2/c1-3-14-7-6-13(2)17(12-14)10-4-5-15-8-9-16-11-15/h13-16H,3-12H2,1-2H3. The first kappa shape index (κ1) is 13.4. The van der Waals surface area contributed by atoms with Crippen molar-refractivity contribution in [3.63, 3.8) is 0 Å². The minimum absolute atomic E-state index is 0.833. The highest BCUT2D eigenvalue weighted by Gasteiger charge is 2.24. The Morgan fingerprint density at radius 1 is 1.18 bits per heavy atom. The van der Waals surface area contributed by atoms with Gasteiger partial charge < -0.3 is 10.2 Å². The summed E-state index contributed by atoms with van der Waals surface area (Å²) in [4.78, 5) is 2.75. The summed E-state index contributed by atoms with van der Waals surface area (Å²) in [6, 6.07) is 0.833. The van der Waals surface area contributed by atoms with Gasteiger partial charge in [-0.2, -0.15) is 0 Å². The van der Waals surface area contributed by atoms with Crippen molar-refractivity contribution in [1.29, 1.82) is 0 Å². The number of nitrogens with zero attached hydrogens (tertiary/aromatic N) is 1. The van der Waals surface area contributed by atoms with Crippen LogP contribution in [0.3, 0.4) is 0 Å². The van der Waals surface area contributed by atoms with Gasteiger partial charge >= 0.3 is 0 Å². The van der Waals surface area contributed by atoms with E-state index in [1.807, 2.05) is 0 Å². The first-order valence-corrected chi connectivity index (χ1v) is 7.74. The summed E-state index contributed by atoms with van der Waals surface area (Å²) in [5, 5.41) is 3.47. The van der Waals surface area contributed by atoms with E-state index in [4.69, 9.17) is 0 Å². The Bertz CT molecular complexity index is 211. The summed E-state index contributed by atoms with van der Waals surface area (Å²) < 4.78 is 0. The molecule has 2 aliphatic heterocycles. The molecule has 3 unspecified atom stereocenters. The number of hydrogen-bond donors (Lipinski definition) is 1. The van der Waals surface area contributed by atoms with Crippen LogP contribution in [-0.4, -0.2) is 37.1 Å². The Balaban J connectivity index is 1.65. The van der Waals surface area contributed by atoms with Crippen LogP contribution in [-0.2, 0) is 0 Å². The minimum Gasteiger partial charge on any atom is -0.316 e. The average molecular weight is 238 g/mol. The molecule has 100 valence electrons. The molecule has 2 fully saturated rings. The molecular weight excluding hydrogens is 208 g/mol. The molecule has 0 aromatic rings. The maximum Gasteiger partial charge on any atom is 0.00671 e. The van der Waals surface area contributed by atoms with Gasteiger partial charge in [0.1, 0.15) is 0 Å². The highest BCUT2D eigenvalue weighted by molar-refractivity contribution is 4.79. The molecule has 2 heteroatoms. The molecule has 0 radical (unpaired) electrons. The van der Waals surface area contributed by atoms with Gasteiger partial charge in [-0.05, 0) is 70.5 Å². The van der Waals surface area contributed by atoms with Crippen LogP contribution in [0.4, 0.5) is 0 Å². The summed E-state index contributed by atoms with van der Waals surface area (Å²) in [5.74, 6) is 1.94. The molecule has 0 saturated carbocycles. The zero-order chi connectivity index (χ0) is 12.1. The molecule has 2 nitrogen and oxygen atoms in total. The average Bonchev–Trinajstić information content (AvgIpc) is 2.84. The molecule has 2 heterocycles. The largest absolute Gasteiger partial charge is 0.316 e. The molecular formula is C15H30N2. The fourth-order valence-corrected chi connectivity index (χ4v) is 3.45. The van der Waals surface area contributed by atoms with Gasteiger partial charge in [0.15, 0.2) is 0 Å². The van der Waals surface area contributed by atoms with E-state index in [-0.39, 0.29) is 0 Å². The van der Waals surface area contributed by atoms with Crippen LogP contribution in [0.5, 0.6) is 0 Å². The lowest BCUT2D eigenvalue weighted by atomic mass is 9.91. The molecule has 1 N–H and O–H groups in total. The lowest BCUT2D eigenvalue weighted by Gasteiger charge is -2.38. The van der Waals surface area contributed by atoms with Crippen molar-refractivity contribution < 1.29 is 0 Å². The summed E-state index contributed by atoms with van der Waals surface area (Å²) >= 11 is 0. The zero-order valence-electron chi connectivity index (χ0n) is 11.8. The maximum absolute atomic E-state index is 3.47. The normalized spacial score (nSPS) is 35.3. The van der Waals surface area contributed by atoms with Crippen LogP contribution in [0.25, 0.3) is 0 Å². The van der Waals surface area contributed by atoms with E-state index < -0.39 is 0 Å². The Labute approximate surface area is 107 Å². The Morgan fingerprint density at radius 3 is 2.76 bits per heavy atom. The number of rotatable bonds is 5. The Morgan fingerprint density at radius 2 is 2.06 bits per heavy atom. The molecule has 0 aliphatic carbocycles. The SMILES string of the molecule is CCC1CCC(C)N(CCCC2CCNC2)C1. The predicted octanol–water partition coefficient (Wildman–Crippen LogP) is 2.89. The maximum atomic E-state index is 3.47. The third kappa shape index (κ3) is 3.96. The van der Waals surface area contributed by atoms with Crippen molar-refractivity contribution in [2.45, 2.75) is 58.4 Å². The first-order valence-electron chi connectivity index (χ1n) is 7.74. The Hall–Kier alpha value is -0.0800. The van der Waals surface area contributed by atoms with Gasteiger partial charge in [0.2, 0.25) is 0 Å². The van der Waals surface area contributed by atoms with Crippen molar-refractivity contribution in [2.75, 3.05) is 26.2 Å². The van der Waals surface area contributed by atoms with Crippen LogP contribution >= 0.6 is 0 Å². The summed E-state index contributed by atoms with van der Waals surface area (Å²) in [5.41, 5.74) is 0. The lowest BCUT2D eigenvalue weighted by molar-refractivity contribution is 0.112. The second-order valence-electron chi connectivity index (χ2n) is 6.20. The predicted molar refractivity (Wildman–Crippen MR) is 74.3 cm³/mol. The molecule has 2 aliphatic rings. The van der Waals surface area contributed by atoms with Gasteiger partial charge in [0.25, 0.3) is 0 Å². The van der Waals surface area contributed by atoms with E-state index in [0.29, 0.717) is 0 Å². The third-order valence-electron chi connectivity index (χ3n) is 4.91. The Kier molecular flexibility index (Phi) is 5.30. The first-order chi connectivity index (χ1) is 8.29. The summed E-state index contributed by atoms with van der Waals surface area (Å²) in [6.45, 7) is 10.00. The lowest BCUT2D eigenvalue weighted by Crippen LogP contribution is -2.42. The van der Waals surface area contributed by atoms with E-state index in [0.717, 1.165) is 17.9 Å². The van der Waals surface area contributed by atoms with Crippen LogP contribution in [0, 0.1) is 11.8 Å². The quantitative estimate of drug-likeness (QED) is 0.792. The monoisotopic (exact) mass is 238 g/mol. The van der Waals surface area contributed by atoms with Crippen LogP contribution in [0.1, 0.15) is 52.4 Å². The molecule has 0 aromatic carbocycles. The second kappa shape index (κ2) is 6.75. The molecule has 2 rings (SSSR count). The second-order valence-corrected chi connectivity index (χ2v) is 6.20. The fourth-order valence-electron chi connectivity index (χ4n) is 3.45. The molecule has 0 aromatic heterocycles. The summed E-state index contributed by atoms with van der Waals surface area (Å²) in [6.07, 6.45) is 8.51. The topological polar surface area (TPSA) is 15.3 Å². The van der Waals surface area contributed by atoms with Gasteiger partial charge in [0, 0.05) is 12.6 Å². The number of likely N-dealkylation sites (tertiary alicyclic amines) is 1. The highest BCUT2D eigenvalue weighted by atomic mass is 15.2.